The monoisotopic (exact) mass is 314 g/mol. The van der Waals surface area contributed by atoms with Crippen LogP contribution in [-0.4, -0.2) is 50.1 Å². The van der Waals surface area contributed by atoms with E-state index in [0.717, 1.165) is 6.08 Å². The molecule has 0 amide bonds. The van der Waals surface area contributed by atoms with E-state index in [1.807, 2.05) is 6.92 Å². The third-order valence-electron chi connectivity index (χ3n) is 2.51. The van der Waals surface area contributed by atoms with Crippen LogP contribution in [0.2, 0.25) is 0 Å². The lowest BCUT2D eigenvalue weighted by Gasteiger charge is -2.19. The van der Waals surface area contributed by atoms with Crippen molar-refractivity contribution in [2.75, 3.05) is 19.8 Å². The van der Waals surface area contributed by atoms with Gasteiger partial charge in [-0.15, -0.1) is 0 Å². The zero-order chi connectivity index (χ0) is 17.1. The minimum atomic E-state index is -0.479. The minimum Gasteiger partial charge on any atom is -0.460 e. The fourth-order valence-corrected chi connectivity index (χ4v) is 1.29. The largest absolute Gasteiger partial charge is 0.460 e. The third-order valence-corrected chi connectivity index (χ3v) is 2.51. The van der Waals surface area contributed by atoms with E-state index in [1.165, 1.54) is 0 Å². The van der Waals surface area contributed by atoms with E-state index < -0.39 is 11.9 Å². The molecule has 3 atom stereocenters. The van der Waals surface area contributed by atoms with Gasteiger partial charge in [0, 0.05) is 11.6 Å². The van der Waals surface area contributed by atoms with Gasteiger partial charge in [-0.1, -0.05) is 13.2 Å². The lowest BCUT2D eigenvalue weighted by molar-refractivity contribution is -0.149. The Kier molecular flexibility index (Phi) is 10.2. The Morgan fingerprint density at radius 2 is 1.50 bits per heavy atom. The van der Waals surface area contributed by atoms with Gasteiger partial charge in [0.2, 0.25) is 0 Å². The van der Waals surface area contributed by atoms with Crippen LogP contribution in [0.5, 0.6) is 0 Å². The number of carbonyl (C=O) groups excluding carboxylic acids is 2. The van der Waals surface area contributed by atoms with Gasteiger partial charge in [0.15, 0.2) is 0 Å². The summed E-state index contributed by atoms with van der Waals surface area (Å²) < 4.78 is 21.0. The molecule has 0 radical (unpaired) electrons. The summed E-state index contributed by atoms with van der Waals surface area (Å²) in [5.74, 6) is -0.912. The summed E-state index contributed by atoms with van der Waals surface area (Å²) in [6.45, 7) is 14.5. The van der Waals surface area contributed by atoms with Crippen LogP contribution in [0.1, 0.15) is 27.7 Å². The van der Waals surface area contributed by atoms with Crippen molar-refractivity contribution in [3.05, 3.63) is 24.8 Å². The van der Waals surface area contributed by atoms with Crippen LogP contribution in [0.25, 0.3) is 0 Å². The predicted octanol–water partition coefficient (Wildman–Crippen LogP) is 2.03. The van der Waals surface area contributed by atoms with Crippen LogP contribution in [0.15, 0.2) is 24.8 Å². The van der Waals surface area contributed by atoms with E-state index in [1.54, 1.807) is 20.8 Å². The van der Waals surface area contributed by atoms with Crippen molar-refractivity contribution in [3.8, 4) is 0 Å². The molecule has 0 aliphatic carbocycles. The van der Waals surface area contributed by atoms with Crippen molar-refractivity contribution in [2.24, 2.45) is 0 Å². The number of ether oxygens (including phenoxy) is 4. The Morgan fingerprint density at radius 3 is 2.00 bits per heavy atom. The Morgan fingerprint density at radius 1 is 1.00 bits per heavy atom. The fraction of sp³-hybridized carbons (Fsp3) is 0.625. The smallest absolute Gasteiger partial charge is 0.333 e. The van der Waals surface area contributed by atoms with E-state index >= 15 is 0 Å². The molecule has 0 aromatic carbocycles. The van der Waals surface area contributed by atoms with E-state index in [9.17, 15) is 9.59 Å². The molecule has 0 heterocycles. The van der Waals surface area contributed by atoms with Gasteiger partial charge in [-0.2, -0.15) is 0 Å². The predicted molar refractivity (Wildman–Crippen MR) is 82.4 cm³/mol. The molecule has 0 aliphatic heterocycles. The molecule has 0 saturated carbocycles. The van der Waals surface area contributed by atoms with Crippen LogP contribution in [0.4, 0.5) is 0 Å². The van der Waals surface area contributed by atoms with Gasteiger partial charge in [-0.05, 0) is 27.7 Å². The third kappa shape index (κ3) is 10.1. The second kappa shape index (κ2) is 11.0. The van der Waals surface area contributed by atoms with Crippen molar-refractivity contribution in [1.82, 2.24) is 0 Å². The maximum absolute atomic E-state index is 11.2. The molecule has 6 nitrogen and oxygen atoms in total. The van der Waals surface area contributed by atoms with Gasteiger partial charge in [-0.3, -0.25) is 0 Å². The van der Waals surface area contributed by atoms with Gasteiger partial charge >= 0.3 is 11.9 Å². The molecule has 0 aromatic rings. The van der Waals surface area contributed by atoms with Crippen molar-refractivity contribution in [3.63, 3.8) is 0 Å². The van der Waals surface area contributed by atoms with Crippen LogP contribution in [0.3, 0.4) is 0 Å². The molecule has 3 unspecified atom stereocenters. The highest BCUT2D eigenvalue weighted by Crippen LogP contribution is 2.02. The molecule has 22 heavy (non-hydrogen) atoms. The topological polar surface area (TPSA) is 71.1 Å². The Labute approximate surface area is 132 Å². The average Bonchev–Trinajstić information content (AvgIpc) is 2.47. The summed E-state index contributed by atoms with van der Waals surface area (Å²) >= 11 is 0. The standard InChI is InChI=1S/C16H26O6/c1-7-15(17)22-14(6)10-20-12(4)8-19-13(5)9-21-16(18)11(2)3/h7,12-14H,1-2,8-10H2,3-6H3. The quantitative estimate of drug-likeness (QED) is 0.429. The Balaban J connectivity index is 3.81. The first-order valence-corrected chi connectivity index (χ1v) is 7.15. The summed E-state index contributed by atoms with van der Waals surface area (Å²) in [5.41, 5.74) is 0.354. The molecule has 0 aromatic heterocycles. The molecule has 0 aliphatic rings. The first-order chi connectivity index (χ1) is 10.3. The maximum atomic E-state index is 11.2. The summed E-state index contributed by atoms with van der Waals surface area (Å²) in [6, 6.07) is 0. The lowest BCUT2D eigenvalue weighted by Crippen LogP contribution is -2.27. The summed E-state index contributed by atoms with van der Waals surface area (Å²) in [6.07, 6.45) is 0.327. The zero-order valence-electron chi connectivity index (χ0n) is 13.8. The molecular formula is C16H26O6. The summed E-state index contributed by atoms with van der Waals surface area (Å²) in [7, 11) is 0. The number of esters is 2. The lowest BCUT2D eigenvalue weighted by atomic mass is 10.3. The van der Waals surface area contributed by atoms with Gasteiger partial charge in [-0.25, -0.2) is 9.59 Å². The minimum absolute atomic E-state index is 0.158. The van der Waals surface area contributed by atoms with E-state index in [0.29, 0.717) is 12.2 Å². The van der Waals surface area contributed by atoms with Gasteiger partial charge in [0.05, 0.1) is 25.4 Å². The van der Waals surface area contributed by atoms with Crippen molar-refractivity contribution in [2.45, 2.75) is 46.0 Å². The number of hydrogen-bond donors (Lipinski definition) is 0. The molecule has 126 valence electrons. The number of rotatable bonds is 11. The van der Waals surface area contributed by atoms with E-state index in [-0.39, 0.29) is 31.5 Å². The molecule has 0 N–H and O–H groups in total. The molecule has 6 heteroatoms. The average molecular weight is 314 g/mol. The fourth-order valence-electron chi connectivity index (χ4n) is 1.29. The van der Waals surface area contributed by atoms with E-state index in [4.69, 9.17) is 18.9 Å². The van der Waals surface area contributed by atoms with Crippen LogP contribution >= 0.6 is 0 Å². The maximum Gasteiger partial charge on any atom is 0.333 e. The molecule has 0 fully saturated rings. The van der Waals surface area contributed by atoms with Crippen molar-refractivity contribution in [1.29, 1.82) is 0 Å². The molecule has 0 bridgehead atoms. The highest BCUT2D eigenvalue weighted by atomic mass is 16.6. The number of carbonyl (C=O) groups is 2. The summed E-state index contributed by atoms with van der Waals surface area (Å²) in [4.78, 5) is 22.2. The zero-order valence-corrected chi connectivity index (χ0v) is 13.8. The highest BCUT2D eigenvalue weighted by molar-refractivity contribution is 5.86. The second-order valence-electron chi connectivity index (χ2n) is 5.12. The highest BCUT2D eigenvalue weighted by Gasteiger charge is 2.12. The van der Waals surface area contributed by atoms with Gasteiger partial charge < -0.3 is 18.9 Å². The van der Waals surface area contributed by atoms with Crippen LogP contribution < -0.4 is 0 Å². The molecule has 0 spiro atoms. The molecule has 0 rings (SSSR count). The van der Waals surface area contributed by atoms with E-state index in [2.05, 4.69) is 13.2 Å². The first kappa shape index (κ1) is 20.3. The SMILES string of the molecule is C=CC(=O)OC(C)COC(C)COC(C)COC(=O)C(=C)C. The van der Waals surface area contributed by atoms with Crippen molar-refractivity contribution >= 4 is 11.9 Å². The van der Waals surface area contributed by atoms with Crippen molar-refractivity contribution < 1.29 is 28.5 Å². The summed E-state index contributed by atoms with van der Waals surface area (Å²) in [5, 5.41) is 0. The Bertz CT molecular complexity index is 390. The number of hydrogen-bond acceptors (Lipinski definition) is 6. The second-order valence-corrected chi connectivity index (χ2v) is 5.12. The van der Waals surface area contributed by atoms with Gasteiger partial charge in [0.1, 0.15) is 12.7 Å². The van der Waals surface area contributed by atoms with Crippen LogP contribution in [-0.2, 0) is 28.5 Å². The van der Waals surface area contributed by atoms with Crippen LogP contribution in [0, 0.1) is 0 Å². The molecular weight excluding hydrogens is 288 g/mol. The Hall–Kier alpha value is -1.66. The van der Waals surface area contributed by atoms with Gasteiger partial charge in [0.25, 0.3) is 0 Å². The molecule has 0 saturated heterocycles. The first-order valence-electron chi connectivity index (χ1n) is 7.15. The normalized spacial score (nSPS) is 14.5.